The average Bonchev–Trinajstić information content (AvgIpc) is 3.23. The first-order valence-corrected chi connectivity index (χ1v) is 11.9. The van der Waals surface area contributed by atoms with E-state index in [2.05, 4.69) is 16.9 Å². The number of thiophene rings is 1. The summed E-state index contributed by atoms with van der Waals surface area (Å²) in [7, 11) is 0. The van der Waals surface area contributed by atoms with E-state index in [4.69, 9.17) is 28.3 Å². The summed E-state index contributed by atoms with van der Waals surface area (Å²) in [6.45, 7) is 1.96. The maximum absolute atomic E-state index is 10.6. The monoisotopic (exact) mass is 480 g/mol. The summed E-state index contributed by atoms with van der Waals surface area (Å²) in [5.74, 6) is 0.165. The molecular weight excluding hydrogens is 455 g/mol. The largest absolute Gasteiger partial charge is 0.512 e. The molecule has 0 aliphatic heterocycles. The van der Waals surface area contributed by atoms with Crippen molar-refractivity contribution in [3.63, 3.8) is 0 Å². The van der Waals surface area contributed by atoms with Crippen molar-refractivity contribution in [2.24, 2.45) is 11.8 Å². The minimum Gasteiger partial charge on any atom is -0.449 e. The normalized spacial score (nSPS) is 23.7. The Hall–Kier alpha value is -1.79. The molecule has 0 radical (unpaired) electrons. The van der Waals surface area contributed by atoms with E-state index in [1.54, 1.807) is 6.07 Å². The van der Waals surface area contributed by atoms with Crippen LogP contribution >= 0.6 is 34.5 Å². The first-order valence-electron chi connectivity index (χ1n) is 10.3. The second-order valence-corrected chi connectivity index (χ2v) is 9.85. The molecule has 7 heteroatoms. The fourth-order valence-corrected chi connectivity index (χ4v) is 5.74. The standard InChI is InChI=1S/C24H26Cl2O4S/c1-2-4-15-11-16(13-17(25)12-15)7-9-20-19(21(26)14-22(20)27)6-3-5-18-8-10-23(31-18)30-24(28)29/h2,4,7-13,19-22,27H,3,5-6,14H2,1H3,(H,28,29)/b4-2+,9-7-/t19-,20-,21-,22-/m1/s1. The van der Waals surface area contributed by atoms with Crippen LogP contribution in [-0.4, -0.2) is 27.8 Å². The smallest absolute Gasteiger partial charge is 0.449 e. The van der Waals surface area contributed by atoms with E-state index in [1.165, 1.54) is 11.3 Å². The van der Waals surface area contributed by atoms with Crippen LogP contribution < -0.4 is 4.74 Å². The summed E-state index contributed by atoms with van der Waals surface area (Å²) in [5, 5.41) is 20.2. The van der Waals surface area contributed by atoms with Gasteiger partial charge in [-0.15, -0.1) is 22.9 Å². The van der Waals surface area contributed by atoms with Gasteiger partial charge in [0.2, 0.25) is 0 Å². The highest BCUT2D eigenvalue weighted by molar-refractivity contribution is 7.13. The molecule has 1 aromatic carbocycles. The zero-order valence-corrected chi connectivity index (χ0v) is 19.5. The highest BCUT2D eigenvalue weighted by atomic mass is 35.5. The number of aliphatic hydroxyl groups excluding tert-OH is 1. The number of benzene rings is 1. The van der Waals surface area contributed by atoms with Gasteiger partial charge in [-0.2, -0.15) is 0 Å². The Morgan fingerprint density at radius 3 is 2.71 bits per heavy atom. The molecule has 0 bridgehead atoms. The van der Waals surface area contributed by atoms with Gasteiger partial charge in [-0.25, -0.2) is 4.79 Å². The molecule has 31 heavy (non-hydrogen) atoms. The second-order valence-electron chi connectivity index (χ2n) is 7.72. The van der Waals surface area contributed by atoms with Gasteiger partial charge in [-0.3, -0.25) is 0 Å². The number of allylic oxidation sites excluding steroid dienone is 1. The minimum atomic E-state index is -1.30. The number of hydrogen-bond donors (Lipinski definition) is 2. The van der Waals surface area contributed by atoms with Crippen LogP contribution in [0.25, 0.3) is 12.2 Å². The summed E-state index contributed by atoms with van der Waals surface area (Å²) in [6, 6.07) is 9.45. The van der Waals surface area contributed by atoms with Crippen LogP contribution in [0.15, 0.2) is 42.5 Å². The van der Waals surface area contributed by atoms with Gasteiger partial charge < -0.3 is 14.9 Å². The zero-order valence-electron chi connectivity index (χ0n) is 17.2. The Morgan fingerprint density at radius 1 is 1.26 bits per heavy atom. The maximum atomic E-state index is 10.6. The third-order valence-electron chi connectivity index (χ3n) is 5.47. The van der Waals surface area contributed by atoms with E-state index in [0.29, 0.717) is 16.5 Å². The summed E-state index contributed by atoms with van der Waals surface area (Å²) in [4.78, 5) is 11.7. The summed E-state index contributed by atoms with van der Waals surface area (Å²) in [6.07, 6.45) is 9.47. The third kappa shape index (κ3) is 6.84. The first kappa shape index (κ1) is 23.9. The molecule has 2 aromatic rings. The van der Waals surface area contributed by atoms with Gasteiger partial charge in [0.05, 0.1) is 6.10 Å². The quantitative estimate of drug-likeness (QED) is 0.311. The fraction of sp³-hybridized carbons (Fsp3) is 0.375. The van der Waals surface area contributed by atoms with E-state index in [-0.39, 0.29) is 17.2 Å². The Morgan fingerprint density at radius 2 is 2.00 bits per heavy atom. The summed E-state index contributed by atoms with van der Waals surface area (Å²) >= 11 is 14.2. The molecule has 1 saturated carbocycles. The van der Waals surface area contributed by atoms with Crippen molar-refractivity contribution in [3.8, 4) is 5.06 Å². The predicted molar refractivity (Wildman–Crippen MR) is 128 cm³/mol. The lowest BCUT2D eigenvalue weighted by atomic mass is 9.89. The molecule has 0 saturated heterocycles. The van der Waals surface area contributed by atoms with Gasteiger partial charge >= 0.3 is 6.16 Å². The van der Waals surface area contributed by atoms with Crippen molar-refractivity contribution in [2.75, 3.05) is 0 Å². The number of aryl methyl sites for hydroxylation is 1. The number of alkyl halides is 1. The van der Waals surface area contributed by atoms with Crippen LogP contribution in [0.3, 0.4) is 0 Å². The maximum Gasteiger partial charge on any atom is 0.512 e. The molecular formula is C24H26Cl2O4S. The van der Waals surface area contributed by atoms with Gasteiger partial charge in [0, 0.05) is 21.2 Å². The van der Waals surface area contributed by atoms with Crippen LogP contribution in [-0.2, 0) is 6.42 Å². The molecule has 1 aromatic heterocycles. The van der Waals surface area contributed by atoms with Gasteiger partial charge in [0.25, 0.3) is 0 Å². The van der Waals surface area contributed by atoms with Crippen LogP contribution in [0.1, 0.15) is 42.2 Å². The van der Waals surface area contributed by atoms with Gasteiger partial charge in [0.15, 0.2) is 5.06 Å². The average molecular weight is 481 g/mol. The Kier molecular flexibility index (Phi) is 8.61. The molecule has 4 nitrogen and oxygen atoms in total. The van der Waals surface area contributed by atoms with Crippen molar-refractivity contribution >= 4 is 52.8 Å². The molecule has 0 spiro atoms. The van der Waals surface area contributed by atoms with Crippen molar-refractivity contribution in [1.29, 1.82) is 0 Å². The Balaban J connectivity index is 1.62. The molecule has 0 unspecified atom stereocenters. The molecule has 1 fully saturated rings. The summed E-state index contributed by atoms with van der Waals surface area (Å²) < 4.78 is 4.69. The fourth-order valence-electron chi connectivity index (χ4n) is 4.12. The van der Waals surface area contributed by atoms with Crippen molar-refractivity contribution < 1.29 is 19.7 Å². The van der Waals surface area contributed by atoms with Crippen LogP contribution in [0, 0.1) is 11.8 Å². The van der Waals surface area contributed by atoms with E-state index in [9.17, 15) is 9.90 Å². The number of hydrogen-bond acceptors (Lipinski definition) is 4. The van der Waals surface area contributed by atoms with Crippen molar-refractivity contribution in [2.45, 2.75) is 44.1 Å². The van der Waals surface area contributed by atoms with Crippen LogP contribution in [0.2, 0.25) is 5.02 Å². The molecule has 1 aliphatic carbocycles. The highest BCUT2D eigenvalue weighted by Crippen LogP contribution is 2.40. The van der Waals surface area contributed by atoms with E-state index in [1.807, 2.05) is 43.4 Å². The zero-order chi connectivity index (χ0) is 22.4. The number of carbonyl (C=O) groups is 1. The SMILES string of the molecule is C/C=C/c1cc(Cl)cc(/C=C\[C@@H]2[C@@H](CCCc3ccc(OC(=O)O)s3)[C@H](Cl)C[C@H]2O)c1. The lowest BCUT2D eigenvalue weighted by molar-refractivity contribution is 0.140. The highest BCUT2D eigenvalue weighted by Gasteiger charge is 2.39. The molecule has 2 N–H and O–H groups in total. The lowest BCUT2D eigenvalue weighted by Crippen LogP contribution is -2.18. The second kappa shape index (κ2) is 11.2. The molecule has 4 atom stereocenters. The first-order chi connectivity index (χ1) is 14.9. The topological polar surface area (TPSA) is 66.8 Å². The van der Waals surface area contributed by atoms with Crippen LogP contribution in [0.5, 0.6) is 5.06 Å². The Labute approximate surface area is 196 Å². The van der Waals surface area contributed by atoms with Gasteiger partial charge in [-0.05, 0) is 80.0 Å². The number of carboxylic acid groups (broad SMARTS) is 1. The number of aliphatic hydroxyl groups is 1. The minimum absolute atomic E-state index is 0.0131. The predicted octanol–water partition coefficient (Wildman–Crippen LogP) is 7.13. The molecule has 1 aliphatic rings. The molecule has 3 rings (SSSR count). The van der Waals surface area contributed by atoms with Crippen molar-refractivity contribution in [1.82, 2.24) is 0 Å². The van der Waals surface area contributed by atoms with Gasteiger partial charge in [0.1, 0.15) is 0 Å². The molecule has 1 heterocycles. The molecule has 0 amide bonds. The summed E-state index contributed by atoms with van der Waals surface area (Å²) in [5.41, 5.74) is 2.03. The van der Waals surface area contributed by atoms with E-state index in [0.717, 1.165) is 35.3 Å². The molecule has 166 valence electrons. The Bertz CT molecular complexity index is 953. The number of rotatable bonds is 8. The third-order valence-corrected chi connectivity index (χ3v) is 7.21. The number of halogens is 2. The van der Waals surface area contributed by atoms with E-state index < -0.39 is 12.3 Å². The number of ether oxygens (including phenoxy) is 1. The van der Waals surface area contributed by atoms with Crippen molar-refractivity contribution in [3.05, 3.63) is 63.5 Å². The van der Waals surface area contributed by atoms with E-state index >= 15 is 0 Å². The van der Waals surface area contributed by atoms with Crippen LogP contribution in [0.4, 0.5) is 4.79 Å². The van der Waals surface area contributed by atoms with Gasteiger partial charge in [-0.1, -0.05) is 35.9 Å². The lowest BCUT2D eigenvalue weighted by Gasteiger charge is -2.20.